The summed E-state index contributed by atoms with van der Waals surface area (Å²) in [6.07, 6.45) is 1.98. The van der Waals surface area contributed by atoms with Crippen LogP contribution >= 0.6 is 0 Å². The van der Waals surface area contributed by atoms with Crippen molar-refractivity contribution in [3.05, 3.63) is 106 Å². The van der Waals surface area contributed by atoms with Gasteiger partial charge in [-0.3, -0.25) is 9.59 Å². The zero-order valence-corrected chi connectivity index (χ0v) is 17.8. The topological polar surface area (TPSA) is 46.6 Å². The van der Waals surface area contributed by atoms with Gasteiger partial charge in [-0.1, -0.05) is 60.7 Å². The first-order valence-corrected chi connectivity index (χ1v) is 10.6. The van der Waals surface area contributed by atoms with Gasteiger partial charge in [0, 0.05) is 35.3 Å². The molecule has 0 amide bonds. The Morgan fingerprint density at radius 1 is 0.774 bits per heavy atom. The van der Waals surface area contributed by atoms with Gasteiger partial charge in [0.25, 0.3) is 0 Å². The number of likely N-dealkylation sites (N-methyl/N-ethyl adjacent to an activating group) is 1. The Labute approximate surface area is 182 Å². The van der Waals surface area contributed by atoms with E-state index in [0.717, 1.165) is 30.1 Å². The van der Waals surface area contributed by atoms with Crippen molar-refractivity contribution in [3.63, 3.8) is 0 Å². The lowest BCUT2D eigenvalue weighted by Gasteiger charge is -2.26. The van der Waals surface area contributed by atoms with Crippen LogP contribution in [-0.4, -0.2) is 36.2 Å². The average Bonchev–Trinajstić information content (AvgIpc) is 2.82. The number of carbonyl (C=O) groups excluding carboxylic acids is 2. The molecule has 0 spiro atoms. The Balaban J connectivity index is 1.76. The lowest BCUT2D eigenvalue weighted by molar-refractivity contribution is 0.0979. The number of ketones is 2. The molecule has 0 aromatic heterocycles. The van der Waals surface area contributed by atoms with Gasteiger partial charge in [-0.05, 0) is 37.6 Å². The van der Waals surface area contributed by atoms with E-state index >= 15 is 0 Å². The Morgan fingerprint density at radius 2 is 1.39 bits per heavy atom. The standard InChI is InChI=1S/C27H25NO3/c1-3-28(4-2)20(18-31-21-12-6-5-7-13-21)17-19-11-10-16-24-25(19)27(30)23-15-9-8-14-22(23)26(24)29/h5-17H,3-4,18H2,1-2H3. The minimum atomic E-state index is -0.111. The molecule has 0 fully saturated rings. The molecule has 0 bridgehead atoms. The van der Waals surface area contributed by atoms with Gasteiger partial charge in [0.05, 0.1) is 5.70 Å². The van der Waals surface area contributed by atoms with Gasteiger partial charge in [0.2, 0.25) is 0 Å². The van der Waals surface area contributed by atoms with Crippen LogP contribution in [0.2, 0.25) is 0 Å². The first kappa shape index (κ1) is 20.6. The third-order valence-corrected chi connectivity index (χ3v) is 5.61. The van der Waals surface area contributed by atoms with Crippen molar-refractivity contribution >= 4 is 17.6 Å². The maximum absolute atomic E-state index is 13.3. The SMILES string of the molecule is CCN(CC)C(=Cc1cccc2c1C(=O)c1ccccc1C2=O)COc1ccccc1. The predicted molar refractivity (Wildman–Crippen MR) is 123 cm³/mol. The number of rotatable bonds is 7. The zero-order valence-electron chi connectivity index (χ0n) is 17.8. The average molecular weight is 412 g/mol. The molecular weight excluding hydrogens is 386 g/mol. The van der Waals surface area contributed by atoms with E-state index in [1.54, 1.807) is 30.3 Å². The summed E-state index contributed by atoms with van der Waals surface area (Å²) in [4.78, 5) is 28.6. The summed E-state index contributed by atoms with van der Waals surface area (Å²) >= 11 is 0. The van der Waals surface area contributed by atoms with Crippen LogP contribution in [0, 0.1) is 0 Å². The summed E-state index contributed by atoms with van der Waals surface area (Å²) < 4.78 is 6.01. The fraction of sp³-hybridized carbons (Fsp3) is 0.185. The van der Waals surface area contributed by atoms with Crippen LogP contribution in [0.25, 0.3) is 6.08 Å². The van der Waals surface area contributed by atoms with E-state index in [0.29, 0.717) is 28.9 Å². The van der Waals surface area contributed by atoms with Crippen molar-refractivity contribution in [2.45, 2.75) is 13.8 Å². The van der Waals surface area contributed by atoms with Crippen LogP contribution in [0.3, 0.4) is 0 Å². The van der Waals surface area contributed by atoms with Crippen LogP contribution in [0.4, 0.5) is 0 Å². The molecule has 156 valence electrons. The smallest absolute Gasteiger partial charge is 0.195 e. The second kappa shape index (κ2) is 9.00. The highest BCUT2D eigenvalue weighted by molar-refractivity contribution is 6.29. The number of benzene rings is 3. The predicted octanol–water partition coefficient (Wildman–Crippen LogP) is 5.22. The number of para-hydroxylation sites is 1. The molecule has 0 N–H and O–H groups in total. The molecule has 4 nitrogen and oxygen atoms in total. The summed E-state index contributed by atoms with van der Waals surface area (Å²) in [6.45, 7) is 6.17. The molecule has 0 aliphatic heterocycles. The molecular formula is C27H25NO3. The van der Waals surface area contributed by atoms with Gasteiger partial charge in [-0.15, -0.1) is 0 Å². The van der Waals surface area contributed by atoms with E-state index in [9.17, 15) is 9.59 Å². The van der Waals surface area contributed by atoms with E-state index in [2.05, 4.69) is 18.7 Å². The highest BCUT2D eigenvalue weighted by Gasteiger charge is 2.30. The summed E-state index contributed by atoms with van der Waals surface area (Å²) in [6, 6.07) is 22.2. The lowest BCUT2D eigenvalue weighted by atomic mass is 9.81. The fourth-order valence-corrected chi connectivity index (χ4v) is 4.00. The van der Waals surface area contributed by atoms with E-state index in [-0.39, 0.29) is 11.6 Å². The molecule has 4 heteroatoms. The molecule has 0 saturated carbocycles. The quantitative estimate of drug-likeness (QED) is 0.418. The molecule has 0 saturated heterocycles. The van der Waals surface area contributed by atoms with Gasteiger partial charge in [-0.2, -0.15) is 0 Å². The van der Waals surface area contributed by atoms with Gasteiger partial charge in [0.15, 0.2) is 11.6 Å². The second-order valence-corrected chi connectivity index (χ2v) is 7.38. The molecule has 4 rings (SSSR count). The van der Waals surface area contributed by atoms with Crippen LogP contribution in [0.1, 0.15) is 51.3 Å². The van der Waals surface area contributed by atoms with Crippen LogP contribution in [-0.2, 0) is 0 Å². The van der Waals surface area contributed by atoms with Crippen LogP contribution in [0.15, 0.2) is 78.5 Å². The van der Waals surface area contributed by atoms with Crippen molar-refractivity contribution in [3.8, 4) is 5.75 Å². The number of ether oxygens (including phenoxy) is 1. The molecule has 0 atom stereocenters. The highest BCUT2D eigenvalue weighted by Crippen LogP contribution is 2.30. The van der Waals surface area contributed by atoms with Crippen molar-refractivity contribution in [1.82, 2.24) is 4.90 Å². The number of carbonyl (C=O) groups is 2. The Hall–Kier alpha value is -3.66. The van der Waals surface area contributed by atoms with E-state index < -0.39 is 0 Å². The second-order valence-electron chi connectivity index (χ2n) is 7.38. The highest BCUT2D eigenvalue weighted by atomic mass is 16.5. The van der Waals surface area contributed by atoms with Gasteiger partial charge < -0.3 is 9.64 Å². The molecule has 3 aromatic carbocycles. The molecule has 31 heavy (non-hydrogen) atoms. The van der Waals surface area contributed by atoms with Gasteiger partial charge >= 0.3 is 0 Å². The normalized spacial score (nSPS) is 12.9. The van der Waals surface area contributed by atoms with Crippen LogP contribution < -0.4 is 4.74 Å². The largest absolute Gasteiger partial charge is 0.487 e. The molecule has 0 heterocycles. The third-order valence-electron chi connectivity index (χ3n) is 5.61. The first-order valence-electron chi connectivity index (χ1n) is 10.6. The Kier molecular flexibility index (Phi) is 5.99. The summed E-state index contributed by atoms with van der Waals surface area (Å²) in [5.41, 5.74) is 3.56. The van der Waals surface area contributed by atoms with Gasteiger partial charge in [0.1, 0.15) is 12.4 Å². The Morgan fingerprint density at radius 3 is 2.06 bits per heavy atom. The minimum absolute atomic E-state index is 0.106. The monoisotopic (exact) mass is 411 g/mol. The van der Waals surface area contributed by atoms with E-state index in [4.69, 9.17) is 4.74 Å². The number of hydrogen-bond acceptors (Lipinski definition) is 4. The van der Waals surface area contributed by atoms with E-state index in [1.165, 1.54) is 0 Å². The number of nitrogens with zero attached hydrogens (tertiary/aromatic N) is 1. The van der Waals surface area contributed by atoms with Crippen molar-refractivity contribution in [1.29, 1.82) is 0 Å². The summed E-state index contributed by atoms with van der Waals surface area (Å²) in [7, 11) is 0. The van der Waals surface area contributed by atoms with E-state index in [1.807, 2.05) is 48.5 Å². The number of fused-ring (bicyclic) bond motifs is 2. The van der Waals surface area contributed by atoms with Crippen molar-refractivity contribution in [2.24, 2.45) is 0 Å². The van der Waals surface area contributed by atoms with Crippen molar-refractivity contribution < 1.29 is 14.3 Å². The summed E-state index contributed by atoms with van der Waals surface area (Å²) in [5.74, 6) is 0.570. The van der Waals surface area contributed by atoms with Gasteiger partial charge in [-0.25, -0.2) is 0 Å². The van der Waals surface area contributed by atoms with Crippen molar-refractivity contribution in [2.75, 3.05) is 19.7 Å². The number of hydrogen-bond donors (Lipinski definition) is 0. The fourth-order valence-electron chi connectivity index (χ4n) is 4.00. The molecule has 0 radical (unpaired) electrons. The molecule has 1 aliphatic carbocycles. The molecule has 3 aromatic rings. The minimum Gasteiger partial charge on any atom is -0.487 e. The zero-order chi connectivity index (χ0) is 21.8. The molecule has 1 aliphatic rings. The maximum atomic E-state index is 13.3. The Bertz CT molecular complexity index is 1140. The lowest BCUT2D eigenvalue weighted by Crippen LogP contribution is -2.26. The maximum Gasteiger partial charge on any atom is 0.195 e. The third kappa shape index (κ3) is 4.02. The first-order chi connectivity index (χ1) is 15.1. The van der Waals surface area contributed by atoms with Crippen LogP contribution in [0.5, 0.6) is 5.75 Å². The summed E-state index contributed by atoms with van der Waals surface area (Å²) in [5, 5.41) is 0. The molecule has 0 unspecified atom stereocenters.